The summed E-state index contributed by atoms with van der Waals surface area (Å²) in [5.74, 6) is 0.221. The Hall–Kier alpha value is -0.720. The van der Waals surface area contributed by atoms with Crippen LogP contribution < -0.4 is 4.74 Å². The van der Waals surface area contributed by atoms with Gasteiger partial charge in [0.25, 0.3) is 9.05 Å². The first-order valence-corrected chi connectivity index (χ1v) is 8.88. The van der Waals surface area contributed by atoms with Crippen LogP contribution in [-0.2, 0) is 15.7 Å². The first-order valence-electron chi connectivity index (χ1n) is 5.44. The van der Waals surface area contributed by atoms with Crippen LogP contribution in [0.15, 0.2) is 35.5 Å². The minimum Gasteiger partial charge on any atom is -0.487 e. The molecule has 1 aromatic heterocycles. The molecule has 0 aliphatic carbocycles. The zero-order chi connectivity index (χ0) is 15.6. The molecule has 4 nitrogen and oxygen atoms in total. The number of hydrogen-bond donors (Lipinski definition) is 0. The van der Waals surface area contributed by atoms with Crippen molar-refractivity contribution >= 4 is 54.5 Å². The first kappa shape index (κ1) is 16.6. The molecule has 112 valence electrons. The van der Waals surface area contributed by atoms with Gasteiger partial charge < -0.3 is 4.74 Å². The van der Waals surface area contributed by atoms with Gasteiger partial charge in [0.2, 0.25) is 0 Å². The average Bonchev–Trinajstić information content (AvgIpc) is 2.39. The second kappa shape index (κ2) is 6.58. The summed E-state index contributed by atoms with van der Waals surface area (Å²) in [7, 11) is 1.27. The monoisotopic (exact) mass is 385 g/mol. The molecule has 0 saturated heterocycles. The lowest BCUT2D eigenvalue weighted by Crippen LogP contribution is -1.99. The lowest BCUT2D eigenvalue weighted by molar-refractivity contribution is 0.306. The van der Waals surface area contributed by atoms with Crippen LogP contribution in [-0.4, -0.2) is 13.4 Å². The molecule has 0 aliphatic heterocycles. The quantitative estimate of drug-likeness (QED) is 0.723. The maximum atomic E-state index is 11.3. The number of ether oxygens (including phenoxy) is 1. The van der Waals surface area contributed by atoms with Crippen molar-refractivity contribution in [3.8, 4) is 5.75 Å². The summed E-state index contributed by atoms with van der Waals surface area (Å²) in [6.07, 6.45) is 3.06. The Morgan fingerprint density at radius 2 is 1.81 bits per heavy atom. The number of aromatic nitrogens is 1. The number of nitrogens with zero attached hydrogens (tertiary/aromatic N) is 1. The van der Waals surface area contributed by atoms with Gasteiger partial charge in [0.1, 0.15) is 17.3 Å². The Bertz CT molecular complexity index is 780. The van der Waals surface area contributed by atoms with Gasteiger partial charge in [-0.15, -0.1) is 0 Å². The molecule has 0 fully saturated rings. The smallest absolute Gasteiger partial charge is 0.262 e. The molecule has 0 atom stereocenters. The Morgan fingerprint density at radius 1 is 1.10 bits per heavy atom. The van der Waals surface area contributed by atoms with Crippen LogP contribution in [0.1, 0.15) is 5.56 Å². The average molecular weight is 387 g/mol. The van der Waals surface area contributed by atoms with E-state index in [1.807, 2.05) is 0 Å². The lowest BCUT2D eigenvalue weighted by atomic mass is 10.3. The minimum absolute atomic E-state index is 0.0730. The molecule has 0 radical (unpaired) electrons. The van der Waals surface area contributed by atoms with E-state index in [0.29, 0.717) is 10.6 Å². The van der Waals surface area contributed by atoms with Gasteiger partial charge in [0.15, 0.2) is 0 Å². The van der Waals surface area contributed by atoms with Gasteiger partial charge in [0, 0.05) is 34.7 Å². The molecular formula is C12H7Cl4NO3S. The van der Waals surface area contributed by atoms with Gasteiger partial charge >= 0.3 is 0 Å². The number of benzene rings is 1. The Kier molecular flexibility index (Phi) is 5.22. The molecule has 0 unspecified atom stereocenters. The maximum Gasteiger partial charge on any atom is 0.262 e. The molecule has 1 heterocycles. The second-order valence-electron chi connectivity index (χ2n) is 3.91. The molecule has 0 spiro atoms. The highest BCUT2D eigenvalue weighted by atomic mass is 35.7. The van der Waals surface area contributed by atoms with Crippen molar-refractivity contribution in [2.75, 3.05) is 0 Å². The minimum atomic E-state index is -3.98. The topological polar surface area (TPSA) is 56.3 Å². The van der Waals surface area contributed by atoms with E-state index in [0.717, 1.165) is 6.07 Å². The fourth-order valence-corrected chi connectivity index (χ4v) is 3.45. The zero-order valence-corrected chi connectivity index (χ0v) is 14.0. The summed E-state index contributed by atoms with van der Waals surface area (Å²) in [5, 5.41) is 0.439. The van der Waals surface area contributed by atoms with Crippen LogP contribution in [0.25, 0.3) is 0 Å². The fourth-order valence-electron chi connectivity index (χ4n) is 1.48. The van der Waals surface area contributed by atoms with Crippen molar-refractivity contribution in [2.24, 2.45) is 0 Å². The third kappa shape index (κ3) is 4.14. The molecule has 0 N–H and O–H groups in total. The van der Waals surface area contributed by atoms with Crippen LogP contribution in [0.4, 0.5) is 0 Å². The molecule has 1 aromatic carbocycles. The summed E-state index contributed by atoms with van der Waals surface area (Å²) in [4.78, 5) is 3.58. The SMILES string of the molecule is O=S(=O)(Cl)c1cc(Cl)c(OCc2ccncc2Cl)cc1Cl. The second-order valence-corrected chi connectivity index (χ2v) is 7.66. The highest BCUT2D eigenvalue weighted by Gasteiger charge is 2.18. The van der Waals surface area contributed by atoms with Gasteiger partial charge in [0.05, 0.1) is 15.1 Å². The molecule has 2 rings (SSSR count). The van der Waals surface area contributed by atoms with Gasteiger partial charge in [-0.1, -0.05) is 34.8 Å². The maximum absolute atomic E-state index is 11.3. The fraction of sp³-hybridized carbons (Fsp3) is 0.0833. The number of pyridine rings is 1. The van der Waals surface area contributed by atoms with Crippen LogP contribution in [0.2, 0.25) is 15.1 Å². The van der Waals surface area contributed by atoms with E-state index in [-0.39, 0.29) is 27.3 Å². The molecule has 2 aromatic rings. The van der Waals surface area contributed by atoms with Crippen LogP contribution in [0.3, 0.4) is 0 Å². The van der Waals surface area contributed by atoms with Gasteiger partial charge in [-0.25, -0.2) is 8.42 Å². The summed E-state index contributed by atoms with van der Waals surface area (Å²) < 4.78 is 28.1. The van der Waals surface area contributed by atoms with E-state index in [1.54, 1.807) is 12.3 Å². The lowest BCUT2D eigenvalue weighted by Gasteiger charge is -2.11. The number of halogens is 4. The molecular weight excluding hydrogens is 380 g/mol. The van der Waals surface area contributed by atoms with E-state index >= 15 is 0 Å². The normalized spacial score (nSPS) is 11.4. The predicted molar refractivity (Wildman–Crippen MR) is 83.1 cm³/mol. The molecule has 21 heavy (non-hydrogen) atoms. The van der Waals surface area contributed by atoms with E-state index in [9.17, 15) is 8.42 Å². The number of rotatable bonds is 4. The molecule has 0 saturated carbocycles. The van der Waals surface area contributed by atoms with Crippen molar-refractivity contribution in [3.05, 3.63) is 51.2 Å². The molecule has 0 amide bonds. The molecule has 9 heteroatoms. The summed E-state index contributed by atoms with van der Waals surface area (Å²) in [6, 6.07) is 4.11. The Morgan fingerprint density at radius 3 is 2.43 bits per heavy atom. The summed E-state index contributed by atoms with van der Waals surface area (Å²) in [5.41, 5.74) is 0.702. The highest BCUT2D eigenvalue weighted by molar-refractivity contribution is 8.13. The van der Waals surface area contributed by atoms with E-state index in [4.69, 9.17) is 50.2 Å². The summed E-state index contributed by atoms with van der Waals surface area (Å²) in [6.45, 7) is 0.129. The van der Waals surface area contributed by atoms with Crippen LogP contribution in [0, 0.1) is 0 Å². The molecule has 0 aliphatic rings. The van der Waals surface area contributed by atoms with Crippen LogP contribution in [0.5, 0.6) is 5.75 Å². The third-order valence-corrected chi connectivity index (χ3v) is 4.91. The Balaban J connectivity index is 2.26. The van der Waals surface area contributed by atoms with Gasteiger partial charge in [-0.05, 0) is 12.1 Å². The van der Waals surface area contributed by atoms with E-state index in [2.05, 4.69) is 4.98 Å². The van der Waals surface area contributed by atoms with Crippen molar-refractivity contribution < 1.29 is 13.2 Å². The number of hydrogen-bond acceptors (Lipinski definition) is 4. The molecule has 0 bridgehead atoms. The van der Waals surface area contributed by atoms with Gasteiger partial charge in [-0.2, -0.15) is 0 Å². The highest BCUT2D eigenvalue weighted by Crippen LogP contribution is 2.35. The first-order chi connectivity index (χ1) is 9.79. The van der Waals surface area contributed by atoms with Crippen molar-refractivity contribution in [1.82, 2.24) is 4.98 Å². The van der Waals surface area contributed by atoms with E-state index < -0.39 is 9.05 Å². The predicted octanol–water partition coefficient (Wildman–Crippen LogP) is 4.55. The van der Waals surface area contributed by atoms with Crippen molar-refractivity contribution in [3.63, 3.8) is 0 Å². The van der Waals surface area contributed by atoms with Gasteiger partial charge in [-0.3, -0.25) is 4.98 Å². The third-order valence-electron chi connectivity index (χ3n) is 2.49. The zero-order valence-electron chi connectivity index (χ0n) is 10.2. The van der Waals surface area contributed by atoms with Crippen LogP contribution >= 0.6 is 45.5 Å². The summed E-state index contributed by atoms with van der Waals surface area (Å²) >= 11 is 17.8. The Labute approximate surface area is 141 Å². The van der Waals surface area contributed by atoms with Crippen molar-refractivity contribution in [1.29, 1.82) is 0 Å². The van der Waals surface area contributed by atoms with Crippen molar-refractivity contribution in [2.45, 2.75) is 11.5 Å². The van der Waals surface area contributed by atoms with E-state index in [1.165, 1.54) is 12.3 Å². The standard InChI is InChI=1S/C12H7Cl4NO3S/c13-8-4-12(21(16,18)19)9(14)3-11(8)20-6-7-1-2-17-5-10(7)15/h1-5H,6H2. The largest absolute Gasteiger partial charge is 0.487 e.